The Morgan fingerprint density at radius 3 is 2.32 bits per heavy atom. The number of hydrogen-bond acceptors (Lipinski definition) is 3. The third-order valence-electron chi connectivity index (χ3n) is 8.58. The maximum absolute atomic E-state index is 11.8. The monoisotopic (exact) mass is 571 g/mol. The van der Waals surface area contributed by atoms with Crippen LogP contribution in [0.3, 0.4) is 0 Å². The number of methoxy groups -OCH3 is 1. The van der Waals surface area contributed by atoms with Gasteiger partial charge in [-0.15, -0.1) is 17.7 Å². The molecule has 0 spiro atoms. The quantitative estimate of drug-likeness (QED) is 0.218. The zero-order valence-corrected chi connectivity index (χ0v) is 29.8. The number of carbonyl (C=O) groups is 1. The molecular formula is C33H55ClKNO2-2. The molecule has 1 heterocycles. The van der Waals surface area contributed by atoms with Crippen LogP contribution >= 0.6 is 11.6 Å². The van der Waals surface area contributed by atoms with E-state index in [9.17, 15) is 4.79 Å². The molecule has 1 aromatic rings. The maximum atomic E-state index is 11.8. The number of unbranched alkanes of at least 4 members (excludes halogenated alkanes) is 1. The number of pyridine rings is 1. The molecule has 38 heavy (non-hydrogen) atoms. The molecule has 0 N–H and O–H groups in total. The van der Waals surface area contributed by atoms with E-state index in [0.717, 1.165) is 30.1 Å². The normalized spacial score (nSPS) is 28.3. The number of fused-ring (bicyclic) bond motifs is 1. The molecule has 3 nitrogen and oxygen atoms in total. The van der Waals surface area contributed by atoms with E-state index < -0.39 is 0 Å². The van der Waals surface area contributed by atoms with Gasteiger partial charge in [-0.3, -0.25) is 4.79 Å². The van der Waals surface area contributed by atoms with Gasteiger partial charge >= 0.3 is 51.4 Å². The van der Waals surface area contributed by atoms with E-state index in [2.05, 4.69) is 59.0 Å². The summed E-state index contributed by atoms with van der Waals surface area (Å²) in [5, 5.41) is 0.488. The fourth-order valence-corrected chi connectivity index (χ4v) is 6.30. The second kappa shape index (κ2) is 21.4. The van der Waals surface area contributed by atoms with Gasteiger partial charge in [-0.2, -0.15) is 24.5 Å². The first-order chi connectivity index (χ1) is 17.6. The minimum Gasteiger partial charge on any atom is -0.381 e. The Morgan fingerprint density at radius 1 is 1.26 bits per heavy atom. The molecule has 6 atom stereocenters. The molecule has 1 aromatic heterocycles. The van der Waals surface area contributed by atoms with Gasteiger partial charge in [-0.05, 0) is 69.1 Å². The Hall–Kier alpha value is 0.706. The van der Waals surface area contributed by atoms with E-state index in [1.54, 1.807) is 18.3 Å². The van der Waals surface area contributed by atoms with Crippen molar-refractivity contribution < 1.29 is 60.9 Å². The van der Waals surface area contributed by atoms with Crippen LogP contribution in [0.2, 0.25) is 5.15 Å². The summed E-state index contributed by atoms with van der Waals surface area (Å²) in [5.74, 6) is 4.17. The number of halogens is 1. The van der Waals surface area contributed by atoms with Crippen LogP contribution in [0.25, 0.3) is 0 Å². The number of Topliss-reactive ketones (excluding diaryl/α,β-unsaturated/α-hetero) is 1. The minimum atomic E-state index is 0. The predicted octanol–water partition coefficient (Wildman–Crippen LogP) is 6.64. The molecule has 0 aliphatic heterocycles. The van der Waals surface area contributed by atoms with Crippen LogP contribution in [-0.2, 0) is 9.53 Å². The number of rotatable bonds is 6. The molecule has 5 heteroatoms. The molecule has 3 aliphatic carbocycles. The number of aromatic nitrogens is 1. The molecule has 0 saturated heterocycles. The van der Waals surface area contributed by atoms with Crippen molar-refractivity contribution in [3.8, 4) is 0 Å². The molecule has 0 amide bonds. The molecule has 0 bridgehead atoms. The molecule has 3 aliphatic rings. The zero-order chi connectivity index (χ0) is 27.8. The van der Waals surface area contributed by atoms with E-state index in [1.807, 2.05) is 14.0 Å². The second-order valence-electron chi connectivity index (χ2n) is 11.9. The topological polar surface area (TPSA) is 39.2 Å². The molecule has 3 fully saturated rings. The molecule has 4 rings (SSSR count). The van der Waals surface area contributed by atoms with Gasteiger partial charge in [0.15, 0.2) is 0 Å². The number of ketones is 1. The average molecular weight is 572 g/mol. The van der Waals surface area contributed by atoms with E-state index in [4.69, 9.17) is 16.3 Å². The van der Waals surface area contributed by atoms with Crippen LogP contribution in [0.5, 0.6) is 0 Å². The van der Waals surface area contributed by atoms with Crippen molar-refractivity contribution in [3.05, 3.63) is 42.9 Å². The summed E-state index contributed by atoms with van der Waals surface area (Å²) in [4.78, 5) is 15.5. The van der Waals surface area contributed by atoms with Gasteiger partial charge in [-0.1, -0.05) is 60.1 Å². The first kappa shape index (κ1) is 38.7. The SMILES string of the molecule is CC(=O)C12CCCC1CC(C(C)C)C2.COC1CCCCC1C.Clc1c[c-]ccn1.[CH2-]C(C)C[CH-]CC.[K+]. The Kier molecular flexibility index (Phi) is 21.8. The van der Waals surface area contributed by atoms with Crippen LogP contribution in [0.1, 0.15) is 112 Å². The van der Waals surface area contributed by atoms with Crippen molar-refractivity contribution in [1.29, 1.82) is 0 Å². The molecule has 0 radical (unpaired) electrons. The van der Waals surface area contributed by atoms with Crippen molar-refractivity contribution in [2.24, 2.45) is 35.0 Å². The molecular weight excluding hydrogens is 517 g/mol. The fourth-order valence-electron chi connectivity index (χ4n) is 6.18. The van der Waals surface area contributed by atoms with Crippen molar-refractivity contribution in [2.45, 2.75) is 118 Å². The van der Waals surface area contributed by atoms with Crippen LogP contribution in [-0.4, -0.2) is 24.0 Å². The summed E-state index contributed by atoms with van der Waals surface area (Å²) in [5.41, 5.74) is 0.120. The number of ether oxygens (including phenoxy) is 1. The molecule has 3 saturated carbocycles. The van der Waals surface area contributed by atoms with E-state index in [1.165, 1.54) is 64.2 Å². The number of nitrogens with zero attached hydrogens (tertiary/aromatic N) is 1. The summed E-state index contributed by atoms with van der Waals surface area (Å²) in [6, 6.07) is 6.08. The Labute approximate surface area is 283 Å². The smallest absolute Gasteiger partial charge is 0.381 e. The fraction of sp³-hybridized carbons (Fsp3) is 0.758. The van der Waals surface area contributed by atoms with Gasteiger partial charge in [-0.25, -0.2) is 6.42 Å². The maximum Gasteiger partial charge on any atom is 1.00 e. The number of carbonyl (C=O) groups excluding carboxylic acids is 1. The Balaban J connectivity index is 0.000000501. The van der Waals surface area contributed by atoms with Crippen LogP contribution < -0.4 is 51.4 Å². The number of hydrogen-bond donors (Lipinski definition) is 0. The van der Waals surface area contributed by atoms with Crippen molar-refractivity contribution in [1.82, 2.24) is 4.98 Å². The predicted molar refractivity (Wildman–Crippen MR) is 158 cm³/mol. The minimum absolute atomic E-state index is 0. The Bertz CT molecular complexity index is 729. The van der Waals surface area contributed by atoms with Gasteiger partial charge in [0.25, 0.3) is 0 Å². The van der Waals surface area contributed by atoms with Crippen LogP contribution in [0.15, 0.2) is 18.3 Å². The van der Waals surface area contributed by atoms with Gasteiger partial charge in [0, 0.05) is 17.7 Å². The molecule has 0 aromatic carbocycles. The van der Waals surface area contributed by atoms with Crippen molar-refractivity contribution in [2.75, 3.05) is 7.11 Å². The standard InChI is InChI=1S/C13H22O.C8H16O.C7H14.C5H3ClN.K/c1-9(2)11-7-12-5-4-6-13(12,8-11)10(3)14;1-7-5-3-4-6-8(7)9-2;1-4-5-6-7(2)3;6-5-3-1-2-4-7-5;/h9,11-12H,4-8H2,1-3H3;7-8H,3-6H2,1-2H3;5,7H,2,4,6H2,1,3H3;2-4H;/q;;-2;-1;+1. The largest absolute Gasteiger partial charge is 1.00 e. The zero-order valence-electron chi connectivity index (χ0n) is 25.9. The van der Waals surface area contributed by atoms with Gasteiger partial charge in [0.05, 0.1) is 6.10 Å². The summed E-state index contributed by atoms with van der Waals surface area (Å²) in [6.07, 6.45) is 18.4. The van der Waals surface area contributed by atoms with Gasteiger partial charge < -0.3 is 23.1 Å². The third-order valence-corrected chi connectivity index (χ3v) is 8.79. The van der Waals surface area contributed by atoms with E-state index >= 15 is 0 Å². The first-order valence-electron chi connectivity index (χ1n) is 14.7. The average Bonchev–Trinajstić information content (AvgIpc) is 3.44. The van der Waals surface area contributed by atoms with E-state index in [0.29, 0.717) is 23.0 Å². The van der Waals surface area contributed by atoms with E-state index in [-0.39, 0.29) is 56.8 Å². The summed E-state index contributed by atoms with van der Waals surface area (Å²) in [7, 11) is 1.83. The second-order valence-corrected chi connectivity index (χ2v) is 12.3. The van der Waals surface area contributed by atoms with Crippen molar-refractivity contribution in [3.63, 3.8) is 0 Å². The molecule has 6 unspecified atom stereocenters. The Morgan fingerprint density at radius 2 is 1.95 bits per heavy atom. The van der Waals surface area contributed by atoms with Crippen molar-refractivity contribution >= 4 is 17.4 Å². The summed E-state index contributed by atoms with van der Waals surface area (Å²) in [6.45, 7) is 16.8. The van der Waals surface area contributed by atoms with Crippen LogP contribution in [0, 0.1) is 54.4 Å². The summed E-state index contributed by atoms with van der Waals surface area (Å²) >= 11 is 5.40. The summed E-state index contributed by atoms with van der Waals surface area (Å²) < 4.78 is 5.30. The van der Waals surface area contributed by atoms with Gasteiger partial charge in [0.1, 0.15) is 5.78 Å². The van der Waals surface area contributed by atoms with Gasteiger partial charge in [0.2, 0.25) is 0 Å². The first-order valence-corrected chi connectivity index (χ1v) is 15.1. The third kappa shape index (κ3) is 14.1. The molecule has 214 valence electrons. The van der Waals surface area contributed by atoms with Crippen LogP contribution in [0.4, 0.5) is 0 Å².